The highest BCUT2D eigenvalue weighted by Gasteiger charge is 2.33. The highest BCUT2D eigenvalue weighted by molar-refractivity contribution is 7.92. The molecule has 1 fully saturated rings. The van der Waals surface area contributed by atoms with Gasteiger partial charge in [0.1, 0.15) is 16.4 Å². The summed E-state index contributed by atoms with van der Waals surface area (Å²) in [6.07, 6.45) is 5.55. The number of carbonyl (C=O) groups is 1. The lowest BCUT2D eigenvalue weighted by Gasteiger charge is -2.19. The molecular weight excluding hydrogens is 573 g/mol. The number of anilines is 1. The lowest BCUT2D eigenvalue weighted by molar-refractivity contribution is -0.125. The Balaban J connectivity index is 1.49. The summed E-state index contributed by atoms with van der Waals surface area (Å²) in [5.74, 6) is -0.800. The van der Waals surface area contributed by atoms with E-state index in [9.17, 15) is 22.4 Å². The Morgan fingerprint density at radius 2 is 1.95 bits per heavy atom. The fraction of sp³-hybridized carbons (Fsp3) is 0.286. The van der Waals surface area contributed by atoms with Gasteiger partial charge in [0.05, 0.1) is 29.4 Å². The van der Waals surface area contributed by atoms with Crippen molar-refractivity contribution in [3.8, 4) is 17.0 Å². The van der Waals surface area contributed by atoms with E-state index >= 15 is 0 Å². The molecule has 41 heavy (non-hydrogen) atoms. The zero-order chi connectivity index (χ0) is 29.3. The molecule has 1 aliphatic rings. The second-order valence-electron chi connectivity index (χ2n) is 9.81. The van der Waals surface area contributed by atoms with Crippen molar-refractivity contribution < 1.29 is 22.3 Å². The molecule has 5 rings (SSSR count). The van der Waals surface area contributed by atoms with Crippen molar-refractivity contribution in [2.45, 2.75) is 30.7 Å². The first-order valence-electron chi connectivity index (χ1n) is 12.8. The van der Waals surface area contributed by atoms with Gasteiger partial charge in [0.25, 0.3) is 15.6 Å². The van der Waals surface area contributed by atoms with Crippen LogP contribution in [0.4, 0.5) is 10.1 Å². The van der Waals surface area contributed by atoms with E-state index < -0.39 is 15.8 Å². The van der Waals surface area contributed by atoms with Crippen LogP contribution in [-0.4, -0.2) is 43.0 Å². The minimum absolute atomic E-state index is 0.00241. The summed E-state index contributed by atoms with van der Waals surface area (Å²) < 4.78 is 48.8. The number of methoxy groups -OCH3 is 1. The Hall–Kier alpha value is -4.03. The van der Waals surface area contributed by atoms with Crippen LogP contribution in [0.15, 0.2) is 64.7 Å². The number of hydrogen-bond acceptors (Lipinski definition) is 7. The number of pyridine rings is 1. The van der Waals surface area contributed by atoms with Crippen molar-refractivity contribution in [1.82, 2.24) is 19.9 Å². The van der Waals surface area contributed by atoms with Crippen molar-refractivity contribution in [2.24, 2.45) is 11.8 Å². The molecule has 2 atom stereocenters. The fourth-order valence-electron chi connectivity index (χ4n) is 5.25. The maximum Gasteiger partial charge on any atom is 0.263 e. The third kappa shape index (κ3) is 5.75. The third-order valence-electron chi connectivity index (χ3n) is 7.30. The van der Waals surface area contributed by atoms with Gasteiger partial charge in [-0.3, -0.25) is 18.9 Å². The van der Waals surface area contributed by atoms with Crippen molar-refractivity contribution in [1.29, 1.82) is 0 Å². The fourth-order valence-corrected chi connectivity index (χ4v) is 6.83. The van der Waals surface area contributed by atoms with Gasteiger partial charge in [0.2, 0.25) is 11.8 Å². The zero-order valence-corrected chi connectivity index (χ0v) is 23.8. The van der Waals surface area contributed by atoms with Gasteiger partial charge in [-0.15, -0.1) is 0 Å². The first-order valence-corrected chi connectivity index (χ1v) is 14.7. The first-order chi connectivity index (χ1) is 19.6. The maximum absolute atomic E-state index is 13.5. The lowest BCUT2D eigenvalue weighted by atomic mass is 9.95. The number of carbonyl (C=O) groups excluding carboxylic acids is 1. The van der Waals surface area contributed by atoms with Gasteiger partial charge in [-0.1, -0.05) is 24.1 Å². The quantitative estimate of drug-likeness (QED) is 0.310. The SMILES string of the molecule is CNC(=O)C1CCCC1Cn1cnc2ccc(-c3cnc(OC)c(NS(=O)(=O)c4ccc(F)cc4Cl)c3)cc2c1=O. The molecule has 2 N–H and O–H groups in total. The van der Waals surface area contributed by atoms with Crippen molar-refractivity contribution >= 4 is 44.1 Å². The molecule has 4 aromatic rings. The van der Waals surface area contributed by atoms with Crippen LogP contribution in [0.2, 0.25) is 5.02 Å². The van der Waals surface area contributed by atoms with E-state index in [4.69, 9.17) is 16.3 Å². The van der Waals surface area contributed by atoms with E-state index in [2.05, 4.69) is 20.0 Å². The molecule has 2 aromatic carbocycles. The molecule has 2 unspecified atom stereocenters. The van der Waals surface area contributed by atoms with Crippen LogP contribution >= 0.6 is 11.6 Å². The number of fused-ring (bicyclic) bond motifs is 1. The Kier molecular flexibility index (Phi) is 7.96. The second-order valence-corrected chi connectivity index (χ2v) is 11.9. The average Bonchev–Trinajstić information content (AvgIpc) is 3.41. The Labute approximate surface area is 240 Å². The molecule has 1 amide bonds. The predicted molar refractivity (Wildman–Crippen MR) is 153 cm³/mol. The summed E-state index contributed by atoms with van der Waals surface area (Å²) in [6.45, 7) is 0.381. The largest absolute Gasteiger partial charge is 0.480 e. The van der Waals surface area contributed by atoms with Crippen LogP contribution in [-0.2, 0) is 21.4 Å². The van der Waals surface area contributed by atoms with Gasteiger partial charge >= 0.3 is 0 Å². The van der Waals surface area contributed by atoms with Crippen molar-refractivity contribution in [2.75, 3.05) is 18.9 Å². The van der Waals surface area contributed by atoms with Gasteiger partial charge in [-0.25, -0.2) is 22.8 Å². The number of ether oxygens (including phenoxy) is 1. The maximum atomic E-state index is 13.5. The van der Waals surface area contributed by atoms with Gasteiger partial charge in [-0.2, -0.15) is 0 Å². The van der Waals surface area contributed by atoms with Crippen LogP contribution in [0.1, 0.15) is 19.3 Å². The molecule has 0 radical (unpaired) electrons. The molecule has 214 valence electrons. The predicted octanol–water partition coefficient (Wildman–Crippen LogP) is 4.22. The Bertz CT molecular complexity index is 1810. The molecule has 1 aliphatic carbocycles. The Morgan fingerprint density at radius 1 is 1.15 bits per heavy atom. The monoisotopic (exact) mass is 599 g/mol. The number of halogens is 2. The number of benzene rings is 2. The number of nitrogens with zero attached hydrogens (tertiary/aromatic N) is 3. The zero-order valence-electron chi connectivity index (χ0n) is 22.2. The molecule has 2 heterocycles. The molecule has 2 aromatic heterocycles. The number of sulfonamides is 1. The molecule has 0 saturated heterocycles. The van der Waals surface area contributed by atoms with E-state index in [0.717, 1.165) is 37.5 Å². The Morgan fingerprint density at radius 3 is 2.68 bits per heavy atom. The normalized spacial score (nSPS) is 17.0. The van der Waals surface area contributed by atoms with Crippen LogP contribution in [0, 0.1) is 17.7 Å². The molecule has 1 saturated carbocycles. The van der Waals surface area contributed by atoms with Gasteiger partial charge in [-0.05, 0) is 60.7 Å². The highest BCUT2D eigenvalue weighted by Crippen LogP contribution is 2.34. The van der Waals surface area contributed by atoms with Crippen LogP contribution in [0.25, 0.3) is 22.0 Å². The number of nitrogens with one attached hydrogen (secondary N) is 2. The van der Waals surface area contributed by atoms with E-state index in [-0.39, 0.29) is 44.8 Å². The number of rotatable bonds is 8. The van der Waals surface area contributed by atoms with Gasteiger partial charge in [0.15, 0.2) is 0 Å². The smallest absolute Gasteiger partial charge is 0.263 e. The van der Waals surface area contributed by atoms with Crippen molar-refractivity contribution in [3.63, 3.8) is 0 Å². The topological polar surface area (TPSA) is 132 Å². The van der Waals surface area contributed by atoms with Crippen LogP contribution in [0.3, 0.4) is 0 Å². The third-order valence-corrected chi connectivity index (χ3v) is 9.15. The van der Waals surface area contributed by atoms with E-state index in [1.54, 1.807) is 25.2 Å². The molecular formula is C28H27ClFN5O5S. The summed E-state index contributed by atoms with van der Waals surface area (Å²) in [6, 6.07) is 9.60. The van der Waals surface area contributed by atoms with Crippen LogP contribution < -0.4 is 20.3 Å². The standard InChI is InChI=1S/C28H27ClFN5O5S/c1-31-26(36)20-5-3-4-17(20)14-35-15-33-23-8-6-16(10-21(23)28(35)37)18-11-24(27(40-2)32-13-18)34-41(38,39)25-9-7-19(30)12-22(25)29/h6-13,15,17,20,34H,3-5,14H2,1-2H3,(H,31,36). The first kappa shape index (κ1) is 28.5. The molecule has 0 aliphatic heterocycles. The average molecular weight is 600 g/mol. The van der Waals surface area contributed by atoms with Crippen LogP contribution in [0.5, 0.6) is 5.88 Å². The molecule has 10 nitrogen and oxygen atoms in total. The summed E-state index contributed by atoms with van der Waals surface area (Å²) in [5, 5.41) is 2.80. The van der Waals surface area contributed by atoms with Gasteiger partial charge in [0, 0.05) is 31.3 Å². The van der Waals surface area contributed by atoms with E-state index in [1.807, 2.05) is 0 Å². The van der Waals surface area contributed by atoms with E-state index in [0.29, 0.717) is 28.6 Å². The number of hydrogen-bond donors (Lipinski definition) is 2. The minimum atomic E-state index is -4.22. The number of amides is 1. The lowest BCUT2D eigenvalue weighted by Crippen LogP contribution is -2.33. The molecule has 13 heteroatoms. The summed E-state index contributed by atoms with van der Waals surface area (Å²) in [7, 11) is -1.27. The minimum Gasteiger partial charge on any atom is -0.480 e. The highest BCUT2D eigenvalue weighted by atomic mass is 35.5. The summed E-state index contributed by atoms with van der Waals surface area (Å²) in [5.41, 5.74) is 1.37. The molecule has 0 bridgehead atoms. The second kappa shape index (κ2) is 11.5. The summed E-state index contributed by atoms with van der Waals surface area (Å²) >= 11 is 5.98. The molecule has 0 spiro atoms. The van der Waals surface area contributed by atoms with E-state index in [1.165, 1.54) is 30.3 Å². The number of aromatic nitrogens is 3. The van der Waals surface area contributed by atoms with Gasteiger partial charge < -0.3 is 10.1 Å². The summed E-state index contributed by atoms with van der Waals surface area (Å²) in [4.78, 5) is 34.1. The van der Waals surface area contributed by atoms with Crippen molar-refractivity contribution in [3.05, 3.63) is 76.2 Å².